The predicted molar refractivity (Wildman–Crippen MR) is 78.1 cm³/mol. The summed E-state index contributed by atoms with van der Waals surface area (Å²) in [4.78, 5) is 12.2. The summed E-state index contributed by atoms with van der Waals surface area (Å²) in [7, 11) is 1.90. The Hall–Kier alpha value is -0.330. The van der Waals surface area contributed by atoms with Gasteiger partial charge in [0.15, 0.2) is 5.78 Å². The van der Waals surface area contributed by atoms with Gasteiger partial charge in [0.1, 0.15) is 0 Å². The van der Waals surface area contributed by atoms with E-state index >= 15 is 0 Å². The van der Waals surface area contributed by atoms with Gasteiger partial charge in [-0.1, -0.05) is 6.92 Å². The topological polar surface area (TPSA) is 46.9 Å². The number of thioether (sulfide) groups is 1. The van der Waals surface area contributed by atoms with Crippen LogP contribution in [0.1, 0.15) is 18.3 Å². The number of carbonyl (C=O) groups excluding carboxylic acids is 1. The van der Waals surface area contributed by atoms with Gasteiger partial charge in [0.05, 0.1) is 28.3 Å². The summed E-state index contributed by atoms with van der Waals surface area (Å²) in [6.07, 6.45) is 1.32. The van der Waals surface area contributed by atoms with Gasteiger partial charge in [0.2, 0.25) is 0 Å². The van der Waals surface area contributed by atoms with Crippen LogP contribution in [-0.4, -0.2) is 39.7 Å². The third-order valence-electron chi connectivity index (χ3n) is 3.15. The van der Waals surface area contributed by atoms with Gasteiger partial charge < -0.3 is 5.32 Å². The van der Waals surface area contributed by atoms with Gasteiger partial charge in [-0.2, -0.15) is 16.9 Å². The molecule has 6 heteroatoms. The van der Waals surface area contributed by atoms with Gasteiger partial charge in [-0.25, -0.2) is 0 Å². The maximum Gasteiger partial charge on any atom is 0.156 e. The molecular formula is C12H18BrN3OS. The van der Waals surface area contributed by atoms with Crippen molar-refractivity contribution in [3.63, 3.8) is 0 Å². The number of hydrogen-bond acceptors (Lipinski definition) is 4. The zero-order valence-corrected chi connectivity index (χ0v) is 13.1. The van der Waals surface area contributed by atoms with Crippen molar-refractivity contribution in [3.05, 3.63) is 15.9 Å². The first-order valence-electron chi connectivity index (χ1n) is 6.17. The van der Waals surface area contributed by atoms with Crippen molar-refractivity contribution in [1.29, 1.82) is 0 Å². The number of halogens is 1. The molecule has 0 spiro atoms. The molecule has 1 aliphatic rings. The van der Waals surface area contributed by atoms with E-state index in [1.54, 1.807) is 0 Å². The number of carbonyl (C=O) groups is 1. The fourth-order valence-electron chi connectivity index (χ4n) is 2.07. The SMILES string of the molecule is CCc1nn(C)c(CC(=O)C2CSCCN2)c1Br. The van der Waals surface area contributed by atoms with Crippen molar-refractivity contribution in [2.45, 2.75) is 25.8 Å². The van der Waals surface area contributed by atoms with Crippen LogP contribution in [0.15, 0.2) is 4.47 Å². The number of hydrogen-bond donors (Lipinski definition) is 1. The van der Waals surface area contributed by atoms with E-state index in [0.29, 0.717) is 6.42 Å². The van der Waals surface area contributed by atoms with E-state index in [-0.39, 0.29) is 11.8 Å². The summed E-state index contributed by atoms with van der Waals surface area (Å²) < 4.78 is 2.81. The first kappa shape index (κ1) is 14.1. The van der Waals surface area contributed by atoms with Crippen molar-refractivity contribution in [2.24, 2.45) is 7.05 Å². The Labute approximate surface area is 120 Å². The van der Waals surface area contributed by atoms with Gasteiger partial charge in [0.25, 0.3) is 0 Å². The van der Waals surface area contributed by atoms with Crippen LogP contribution in [0.3, 0.4) is 0 Å². The number of aromatic nitrogens is 2. The molecule has 2 heterocycles. The molecule has 2 rings (SSSR count). The van der Waals surface area contributed by atoms with E-state index in [1.165, 1.54) is 0 Å². The molecular weight excluding hydrogens is 314 g/mol. The Morgan fingerprint density at radius 3 is 3.00 bits per heavy atom. The van der Waals surface area contributed by atoms with Crippen LogP contribution in [0.25, 0.3) is 0 Å². The normalized spacial score (nSPS) is 20.1. The summed E-state index contributed by atoms with van der Waals surface area (Å²) in [5.74, 6) is 2.24. The Kier molecular flexibility index (Phi) is 4.86. The summed E-state index contributed by atoms with van der Waals surface area (Å²) in [6, 6.07) is -0.00405. The van der Waals surface area contributed by atoms with Crippen molar-refractivity contribution >= 4 is 33.5 Å². The maximum atomic E-state index is 12.2. The highest BCUT2D eigenvalue weighted by atomic mass is 79.9. The molecule has 0 saturated carbocycles. The smallest absolute Gasteiger partial charge is 0.156 e. The lowest BCUT2D eigenvalue weighted by Gasteiger charge is -2.21. The number of nitrogens with one attached hydrogen (secondary N) is 1. The highest BCUT2D eigenvalue weighted by molar-refractivity contribution is 9.10. The number of Topliss-reactive ketones (excluding diaryl/α,β-unsaturated/α-hetero) is 1. The van der Waals surface area contributed by atoms with E-state index in [2.05, 4.69) is 33.3 Å². The average molecular weight is 332 g/mol. The van der Waals surface area contributed by atoms with Crippen LogP contribution in [-0.2, 0) is 24.7 Å². The Balaban J connectivity index is 2.08. The number of rotatable bonds is 4. The Morgan fingerprint density at radius 1 is 1.67 bits per heavy atom. The Morgan fingerprint density at radius 2 is 2.44 bits per heavy atom. The monoisotopic (exact) mass is 331 g/mol. The van der Waals surface area contributed by atoms with E-state index < -0.39 is 0 Å². The van der Waals surface area contributed by atoms with Gasteiger partial charge in [-0.15, -0.1) is 0 Å². The fourth-order valence-corrected chi connectivity index (χ4v) is 3.80. The van der Waals surface area contributed by atoms with Crippen LogP contribution in [0, 0.1) is 0 Å². The molecule has 1 aromatic rings. The van der Waals surface area contributed by atoms with E-state index in [4.69, 9.17) is 0 Å². The molecule has 1 unspecified atom stereocenters. The highest BCUT2D eigenvalue weighted by Crippen LogP contribution is 2.23. The van der Waals surface area contributed by atoms with Gasteiger partial charge in [0, 0.05) is 25.1 Å². The van der Waals surface area contributed by atoms with Gasteiger partial charge >= 0.3 is 0 Å². The molecule has 0 radical (unpaired) electrons. The number of nitrogens with zero attached hydrogens (tertiary/aromatic N) is 2. The third kappa shape index (κ3) is 2.97. The molecule has 0 aliphatic carbocycles. The molecule has 18 heavy (non-hydrogen) atoms. The predicted octanol–water partition coefficient (Wildman–Crippen LogP) is 1.56. The summed E-state index contributed by atoms with van der Waals surface area (Å²) in [5, 5.41) is 7.70. The second-order valence-corrected chi connectivity index (χ2v) is 6.35. The number of aryl methyl sites for hydroxylation is 2. The zero-order valence-electron chi connectivity index (χ0n) is 10.7. The van der Waals surface area contributed by atoms with Crippen LogP contribution >= 0.6 is 27.7 Å². The fraction of sp³-hybridized carbons (Fsp3) is 0.667. The molecule has 1 atom stereocenters. The van der Waals surface area contributed by atoms with Gasteiger partial charge in [-0.05, 0) is 22.4 Å². The van der Waals surface area contributed by atoms with Crippen LogP contribution in [0.2, 0.25) is 0 Å². The van der Waals surface area contributed by atoms with Crippen molar-refractivity contribution in [1.82, 2.24) is 15.1 Å². The molecule has 0 bridgehead atoms. The molecule has 4 nitrogen and oxygen atoms in total. The largest absolute Gasteiger partial charge is 0.306 e. The second-order valence-electron chi connectivity index (χ2n) is 4.41. The van der Waals surface area contributed by atoms with E-state index in [0.717, 1.165) is 40.3 Å². The quantitative estimate of drug-likeness (QED) is 0.909. The van der Waals surface area contributed by atoms with Crippen LogP contribution < -0.4 is 5.32 Å². The summed E-state index contributed by atoms with van der Waals surface area (Å²) in [6.45, 7) is 2.99. The van der Waals surface area contributed by atoms with Gasteiger partial charge in [-0.3, -0.25) is 9.48 Å². The lowest BCUT2D eigenvalue weighted by Crippen LogP contribution is -2.44. The maximum absolute atomic E-state index is 12.2. The van der Waals surface area contributed by atoms with Crippen molar-refractivity contribution in [3.8, 4) is 0 Å². The zero-order chi connectivity index (χ0) is 13.1. The van der Waals surface area contributed by atoms with Crippen molar-refractivity contribution < 1.29 is 4.79 Å². The average Bonchev–Trinajstić information content (AvgIpc) is 2.67. The lowest BCUT2D eigenvalue weighted by molar-refractivity contribution is -0.120. The Bertz CT molecular complexity index is 441. The first-order chi connectivity index (χ1) is 8.63. The minimum atomic E-state index is -0.00405. The van der Waals surface area contributed by atoms with Crippen LogP contribution in [0.4, 0.5) is 0 Å². The van der Waals surface area contributed by atoms with E-state index in [1.807, 2.05) is 23.5 Å². The minimum Gasteiger partial charge on any atom is -0.306 e. The molecule has 1 fully saturated rings. The first-order valence-corrected chi connectivity index (χ1v) is 8.12. The second kappa shape index (κ2) is 6.21. The van der Waals surface area contributed by atoms with E-state index in [9.17, 15) is 4.79 Å². The molecule has 1 aliphatic heterocycles. The standard InChI is InChI=1S/C12H18BrN3OS/c1-3-8-12(13)10(16(2)15-8)6-11(17)9-7-18-5-4-14-9/h9,14H,3-7H2,1-2H3. The molecule has 1 aromatic heterocycles. The molecule has 0 amide bonds. The highest BCUT2D eigenvalue weighted by Gasteiger charge is 2.23. The lowest BCUT2D eigenvalue weighted by atomic mass is 10.1. The minimum absolute atomic E-state index is 0.00405. The molecule has 1 N–H and O–H groups in total. The molecule has 1 saturated heterocycles. The molecule has 100 valence electrons. The summed E-state index contributed by atoms with van der Waals surface area (Å²) in [5.41, 5.74) is 2.00. The third-order valence-corrected chi connectivity index (χ3v) is 5.13. The van der Waals surface area contributed by atoms with Crippen LogP contribution in [0.5, 0.6) is 0 Å². The number of ketones is 1. The van der Waals surface area contributed by atoms with Crippen molar-refractivity contribution in [2.75, 3.05) is 18.1 Å². The summed E-state index contributed by atoms with van der Waals surface area (Å²) >= 11 is 5.40. The molecule has 0 aromatic carbocycles.